The predicted molar refractivity (Wildman–Crippen MR) is 93.3 cm³/mol. The van der Waals surface area contributed by atoms with Crippen molar-refractivity contribution in [1.82, 2.24) is 4.90 Å². The van der Waals surface area contributed by atoms with Crippen molar-refractivity contribution in [3.63, 3.8) is 0 Å². The van der Waals surface area contributed by atoms with E-state index >= 15 is 0 Å². The minimum Gasteiger partial charge on any atom is -0.492 e. The molecule has 0 saturated carbocycles. The number of ether oxygens (including phenoxy) is 3. The summed E-state index contributed by atoms with van der Waals surface area (Å²) in [5.74, 6) is 2.17. The molecule has 0 aliphatic carbocycles. The summed E-state index contributed by atoms with van der Waals surface area (Å²) in [6.45, 7) is 1.16. The molecule has 0 aromatic heterocycles. The summed E-state index contributed by atoms with van der Waals surface area (Å²) in [7, 11) is 3.75. The zero-order valence-corrected chi connectivity index (χ0v) is 14.4. The lowest BCUT2D eigenvalue weighted by Gasteiger charge is -2.36. The van der Waals surface area contributed by atoms with Gasteiger partial charge in [0.15, 0.2) is 11.5 Å². The molecule has 0 spiro atoms. The fraction of sp³-hybridized carbons (Fsp3) is 0.333. The molecule has 0 amide bonds. The lowest BCUT2D eigenvalue weighted by molar-refractivity contribution is 0.170. The Morgan fingerprint density at radius 1 is 1.29 bits per heavy atom. The third-order valence-corrected chi connectivity index (χ3v) is 4.89. The number of hydrogen-bond acceptors (Lipinski definition) is 5. The second-order valence-electron chi connectivity index (χ2n) is 5.97. The average Bonchev–Trinajstić information content (AvgIpc) is 3.05. The van der Waals surface area contributed by atoms with Crippen molar-refractivity contribution < 1.29 is 14.2 Å². The van der Waals surface area contributed by atoms with E-state index in [-0.39, 0.29) is 13.0 Å². The maximum absolute atomic E-state index is 6.33. The van der Waals surface area contributed by atoms with Gasteiger partial charge in [0.25, 0.3) is 0 Å². The summed E-state index contributed by atoms with van der Waals surface area (Å²) in [5, 5.41) is 4.23. The number of nitrogens with zero attached hydrogens (tertiary/aromatic N) is 1. The van der Waals surface area contributed by atoms with Gasteiger partial charge in [0.1, 0.15) is 6.17 Å². The van der Waals surface area contributed by atoms with Gasteiger partial charge in [-0.1, -0.05) is 23.7 Å². The predicted octanol–water partition coefficient (Wildman–Crippen LogP) is 3.68. The zero-order valence-electron chi connectivity index (χ0n) is 13.6. The fourth-order valence-corrected chi connectivity index (χ4v) is 3.53. The minimum atomic E-state index is -0.0573. The molecule has 1 unspecified atom stereocenters. The van der Waals surface area contributed by atoms with Gasteiger partial charge in [-0.25, -0.2) is 0 Å². The Hall–Kier alpha value is -2.11. The van der Waals surface area contributed by atoms with Crippen molar-refractivity contribution in [3.05, 3.63) is 46.5 Å². The summed E-state index contributed by atoms with van der Waals surface area (Å²) in [6, 6.07) is 9.81. The van der Waals surface area contributed by atoms with E-state index in [1.54, 1.807) is 7.11 Å². The van der Waals surface area contributed by atoms with Crippen LogP contribution in [0.25, 0.3) is 0 Å². The molecule has 0 fully saturated rings. The van der Waals surface area contributed by atoms with Gasteiger partial charge in [-0.2, -0.15) is 0 Å². The van der Waals surface area contributed by atoms with E-state index in [1.807, 2.05) is 24.3 Å². The largest absolute Gasteiger partial charge is 0.492 e. The van der Waals surface area contributed by atoms with Gasteiger partial charge in [0.05, 0.1) is 17.8 Å². The van der Waals surface area contributed by atoms with E-state index in [2.05, 4.69) is 23.3 Å². The highest BCUT2D eigenvalue weighted by atomic mass is 35.5. The van der Waals surface area contributed by atoms with Gasteiger partial charge in [0.2, 0.25) is 12.5 Å². The van der Waals surface area contributed by atoms with Crippen molar-refractivity contribution in [2.75, 3.05) is 32.8 Å². The monoisotopic (exact) mass is 346 g/mol. The molecular weight excluding hydrogens is 328 g/mol. The minimum absolute atomic E-state index is 0.0573. The van der Waals surface area contributed by atoms with Crippen LogP contribution in [-0.4, -0.2) is 32.4 Å². The molecule has 0 saturated heterocycles. The van der Waals surface area contributed by atoms with Crippen LogP contribution in [-0.2, 0) is 6.42 Å². The molecule has 4 rings (SSSR count). The van der Waals surface area contributed by atoms with E-state index in [0.717, 1.165) is 35.7 Å². The van der Waals surface area contributed by atoms with Gasteiger partial charge in [-0.05, 0) is 37.2 Å². The Kier molecular flexibility index (Phi) is 3.90. The second kappa shape index (κ2) is 6.07. The number of benzene rings is 2. The number of hydrogen-bond donors (Lipinski definition) is 1. The first-order valence-electron chi connectivity index (χ1n) is 7.89. The summed E-state index contributed by atoms with van der Waals surface area (Å²) in [5.41, 5.74) is 3.18. The van der Waals surface area contributed by atoms with Crippen molar-refractivity contribution in [2.24, 2.45) is 0 Å². The highest BCUT2D eigenvalue weighted by Crippen LogP contribution is 2.49. The quantitative estimate of drug-likeness (QED) is 0.918. The Morgan fingerprint density at radius 2 is 2.12 bits per heavy atom. The third kappa shape index (κ3) is 2.44. The molecule has 2 aliphatic rings. The van der Waals surface area contributed by atoms with Crippen LogP contribution in [0.4, 0.5) is 5.69 Å². The Balaban J connectivity index is 1.81. The molecule has 0 radical (unpaired) electrons. The van der Waals surface area contributed by atoms with Crippen molar-refractivity contribution in [1.29, 1.82) is 0 Å². The first-order chi connectivity index (χ1) is 11.7. The average molecular weight is 347 g/mol. The number of likely N-dealkylation sites (N-methyl/N-ethyl adjacent to an activating group) is 1. The van der Waals surface area contributed by atoms with Gasteiger partial charge in [-0.3, -0.25) is 4.90 Å². The number of fused-ring (bicyclic) bond motifs is 2. The van der Waals surface area contributed by atoms with E-state index < -0.39 is 0 Å². The van der Waals surface area contributed by atoms with Gasteiger partial charge in [-0.15, -0.1) is 0 Å². The lowest BCUT2D eigenvalue weighted by atomic mass is 9.94. The molecule has 2 aromatic rings. The van der Waals surface area contributed by atoms with Crippen LogP contribution in [0.2, 0.25) is 5.02 Å². The van der Waals surface area contributed by atoms with Crippen LogP contribution >= 0.6 is 11.6 Å². The highest BCUT2D eigenvalue weighted by molar-refractivity contribution is 6.33. The number of para-hydroxylation sites is 1. The Morgan fingerprint density at radius 3 is 2.92 bits per heavy atom. The zero-order chi connectivity index (χ0) is 16.7. The molecule has 126 valence electrons. The highest BCUT2D eigenvalue weighted by Gasteiger charge is 2.34. The summed E-state index contributed by atoms with van der Waals surface area (Å²) >= 11 is 6.33. The van der Waals surface area contributed by atoms with E-state index in [9.17, 15) is 0 Å². The van der Waals surface area contributed by atoms with Crippen LogP contribution < -0.4 is 19.5 Å². The lowest BCUT2D eigenvalue weighted by Crippen LogP contribution is -2.37. The van der Waals surface area contributed by atoms with E-state index in [1.165, 1.54) is 5.56 Å². The standard InChI is InChI=1S/C18H19ClN2O3/c1-21-8-7-11-9-14-16(24-10-23-14)17(22-2)15(11)18(21)20-13-6-4-3-5-12(13)19/h3-6,9,18,20H,7-8,10H2,1-2H3. The number of anilines is 1. The molecule has 5 nitrogen and oxygen atoms in total. The molecule has 2 heterocycles. The van der Waals surface area contributed by atoms with E-state index in [0.29, 0.717) is 10.8 Å². The van der Waals surface area contributed by atoms with Gasteiger partial charge < -0.3 is 19.5 Å². The Bertz CT molecular complexity index is 781. The van der Waals surface area contributed by atoms with Gasteiger partial charge >= 0.3 is 0 Å². The normalized spacial score (nSPS) is 19.0. The number of nitrogens with one attached hydrogen (secondary N) is 1. The van der Waals surface area contributed by atoms with Crippen molar-refractivity contribution in [2.45, 2.75) is 12.6 Å². The molecule has 24 heavy (non-hydrogen) atoms. The molecule has 0 bridgehead atoms. The second-order valence-corrected chi connectivity index (χ2v) is 6.38. The molecule has 1 atom stereocenters. The van der Waals surface area contributed by atoms with Crippen LogP contribution in [0, 0.1) is 0 Å². The van der Waals surface area contributed by atoms with Crippen LogP contribution in [0.15, 0.2) is 30.3 Å². The van der Waals surface area contributed by atoms with E-state index in [4.69, 9.17) is 25.8 Å². The molecule has 2 aliphatic heterocycles. The number of rotatable bonds is 3. The fourth-order valence-electron chi connectivity index (χ4n) is 3.34. The van der Waals surface area contributed by atoms with Crippen molar-refractivity contribution in [3.8, 4) is 17.2 Å². The maximum atomic E-state index is 6.33. The first kappa shape index (κ1) is 15.4. The summed E-state index contributed by atoms with van der Waals surface area (Å²) < 4.78 is 16.9. The van der Waals surface area contributed by atoms with Crippen LogP contribution in [0.3, 0.4) is 0 Å². The van der Waals surface area contributed by atoms with Gasteiger partial charge in [0, 0.05) is 12.1 Å². The molecule has 1 N–H and O–H groups in total. The number of methoxy groups -OCH3 is 1. The third-order valence-electron chi connectivity index (χ3n) is 4.56. The SMILES string of the molecule is COc1c2c(cc3c1C(Nc1ccccc1Cl)N(C)CC3)OCO2. The molecule has 2 aromatic carbocycles. The molecule has 6 heteroatoms. The van der Waals surface area contributed by atoms with Crippen LogP contribution in [0.1, 0.15) is 17.3 Å². The summed E-state index contributed by atoms with van der Waals surface area (Å²) in [4.78, 5) is 2.25. The van der Waals surface area contributed by atoms with Crippen LogP contribution in [0.5, 0.6) is 17.2 Å². The topological polar surface area (TPSA) is 43.0 Å². The smallest absolute Gasteiger partial charge is 0.231 e. The van der Waals surface area contributed by atoms with Crippen molar-refractivity contribution >= 4 is 17.3 Å². The maximum Gasteiger partial charge on any atom is 0.231 e. The first-order valence-corrected chi connectivity index (χ1v) is 8.27. The Labute approximate surface area is 146 Å². The number of halogens is 1. The summed E-state index contributed by atoms with van der Waals surface area (Å²) in [6.07, 6.45) is 0.873. The molecular formula is C18H19ClN2O3.